The van der Waals surface area contributed by atoms with Gasteiger partial charge >= 0.3 is 60.5 Å². The van der Waals surface area contributed by atoms with E-state index in [2.05, 4.69) is 0 Å². The first-order valence-electron chi connectivity index (χ1n) is 0.605. The first kappa shape index (κ1) is 9.43. The van der Waals surface area contributed by atoms with Crippen LogP contribution in [0.2, 0.25) is 0 Å². The van der Waals surface area contributed by atoms with Crippen LogP contribution in [0.3, 0.4) is 0 Å². The third-order valence-electron chi connectivity index (χ3n) is 0. The molecule has 4 heteroatoms. The van der Waals surface area contributed by atoms with Crippen LogP contribution in [0.5, 0.6) is 0 Å². The van der Waals surface area contributed by atoms with Crippen molar-refractivity contribution >= 4 is 56.4 Å². The van der Waals surface area contributed by atoms with Crippen LogP contribution in [-0.4, -0.2) is 60.5 Å². The number of hydrogen-bond acceptors (Lipinski definition) is 1. The van der Waals surface area contributed by atoms with Crippen molar-refractivity contribution in [1.82, 2.24) is 0 Å². The Kier molecular flexibility index (Phi) is 21.0. The third kappa shape index (κ3) is 8.94. The van der Waals surface area contributed by atoms with Gasteiger partial charge in [0, 0.05) is 0 Å². The molecule has 0 spiro atoms. The van der Waals surface area contributed by atoms with Crippen molar-refractivity contribution in [3.63, 3.8) is 0 Å². The van der Waals surface area contributed by atoms with E-state index in [1.54, 1.807) is 0 Å². The molecular formula is H7GeOSnTe. The van der Waals surface area contributed by atoms with E-state index in [-0.39, 0.29) is 23.9 Å². The van der Waals surface area contributed by atoms with Gasteiger partial charge in [-0.05, 0) is 0 Å². The van der Waals surface area contributed by atoms with Gasteiger partial charge in [0.05, 0.1) is 0 Å². The van der Waals surface area contributed by atoms with Crippen molar-refractivity contribution in [2.24, 2.45) is 0 Å². The van der Waals surface area contributed by atoms with E-state index in [1.165, 1.54) is 0 Å². The zero-order chi connectivity index (χ0) is 2.71. The summed E-state index contributed by atoms with van der Waals surface area (Å²) in [5, 5.41) is 0. The molecule has 0 aliphatic rings. The maximum atomic E-state index is 7.76. The number of hydrogen-bond donors (Lipinski definition) is 1. The fourth-order valence-corrected chi connectivity index (χ4v) is 0. The summed E-state index contributed by atoms with van der Waals surface area (Å²) in [6, 6.07) is 0. The summed E-state index contributed by atoms with van der Waals surface area (Å²) in [5.74, 6) is 0. The second-order valence-corrected chi connectivity index (χ2v) is 4.50. The Morgan fingerprint density at radius 1 is 1.75 bits per heavy atom. The van der Waals surface area contributed by atoms with Crippen LogP contribution in [0.1, 0.15) is 0 Å². The molecule has 0 atom stereocenters. The molecule has 4 heavy (non-hydrogen) atoms. The summed E-state index contributed by atoms with van der Waals surface area (Å²) >= 11 is 0.949. The van der Waals surface area contributed by atoms with Gasteiger partial charge in [-0.15, -0.1) is 0 Å². The average Bonchev–Trinajstić information content (AvgIpc) is 0.918. The minimum atomic E-state index is -0.865. The first-order chi connectivity index (χ1) is 1.41. The van der Waals surface area contributed by atoms with E-state index in [9.17, 15) is 0 Å². The molecule has 0 saturated heterocycles. The average molecular weight is 342 g/mol. The zero-order valence-electron chi connectivity index (χ0n) is 1.56. The summed E-state index contributed by atoms with van der Waals surface area (Å²) in [6.45, 7) is 0. The van der Waals surface area contributed by atoms with Gasteiger partial charge in [0.15, 0.2) is 0 Å². The Morgan fingerprint density at radius 2 is 1.75 bits per heavy atom. The molecule has 0 heterocycles. The summed E-state index contributed by atoms with van der Waals surface area (Å²) < 4.78 is 7.76. The Balaban J connectivity index is 0. The van der Waals surface area contributed by atoms with Crippen LogP contribution in [0.15, 0.2) is 0 Å². The third-order valence-corrected chi connectivity index (χ3v) is 0. The Bertz CT molecular complexity index is 8.00. The predicted molar refractivity (Wildman–Crippen MR) is 27.9 cm³/mol. The van der Waals surface area contributed by atoms with Crippen molar-refractivity contribution in [1.29, 1.82) is 0 Å². The fourth-order valence-electron chi connectivity index (χ4n) is 0. The van der Waals surface area contributed by atoms with Gasteiger partial charge in [0.2, 0.25) is 0 Å². The van der Waals surface area contributed by atoms with Crippen LogP contribution in [0, 0.1) is 0 Å². The Morgan fingerprint density at radius 3 is 1.75 bits per heavy atom. The molecule has 0 aromatic heterocycles. The normalized spacial score (nSPS) is 7.50. The summed E-state index contributed by atoms with van der Waals surface area (Å²) in [6.07, 6.45) is 0. The maximum absolute atomic E-state index is 7.76. The van der Waals surface area contributed by atoms with E-state index in [4.69, 9.17) is 4.13 Å². The standard InChI is InChI=1S/GeH3OTe.Sn.4H/c2-1-3;;;;;/h2H,1H2;;;;;. The van der Waals surface area contributed by atoms with E-state index >= 15 is 0 Å². The molecule has 0 aliphatic carbocycles. The van der Waals surface area contributed by atoms with Crippen LogP contribution in [0.25, 0.3) is 0 Å². The monoisotopic (exact) mass is 347 g/mol. The van der Waals surface area contributed by atoms with Crippen LogP contribution in [0.4, 0.5) is 0 Å². The minimum absolute atomic E-state index is 0. The quantitative estimate of drug-likeness (QED) is 0.458. The molecule has 1 N–H and O–H groups in total. The van der Waals surface area contributed by atoms with Crippen molar-refractivity contribution in [2.75, 3.05) is 0 Å². The molecule has 0 bridgehead atoms. The predicted octanol–water partition coefficient (Wildman–Crippen LogP) is -3.31. The van der Waals surface area contributed by atoms with Crippen molar-refractivity contribution in [3.8, 4) is 0 Å². The van der Waals surface area contributed by atoms with E-state index < -0.39 is 12.5 Å². The molecule has 1 nitrogen and oxygen atoms in total. The van der Waals surface area contributed by atoms with Crippen molar-refractivity contribution < 1.29 is 4.13 Å². The molecule has 0 aromatic carbocycles. The molecule has 0 fully saturated rings. The molecule has 0 saturated carbocycles. The van der Waals surface area contributed by atoms with Crippen LogP contribution >= 0.6 is 0 Å². The molecule has 0 aromatic rings. The van der Waals surface area contributed by atoms with Gasteiger partial charge in [-0.1, -0.05) is 0 Å². The SMILES string of the molecule is [OH][GeH2][Te].[SnH4]. The van der Waals surface area contributed by atoms with Crippen molar-refractivity contribution in [3.05, 3.63) is 0 Å². The van der Waals surface area contributed by atoms with Gasteiger partial charge < -0.3 is 0 Å². The molecule has 0 amide bonds. The Hall–Kier alpha value is 2.09. The van der Waals surface area contributed by atoms with Gasteiger partial charge in [-0.2, -0.15) is 0 Å². The summed E-state index contributed by atoms with van der Waals surface area (Å²) in [5.41, 5.74) is 0. The molecular weight excluding hydrogens is 335 g/mol. The fraction of sp³-hybridized carbons (Fsp3) is 0. The first-order valence-corrected chi connectivity index (χ1v) is 11.7. The zero-order valence-corrected chi connectivity index (χ0v) is 6.86. The van der Waals surface area contributed by atoms with Crippen LogP contribution < -0.4 is 0 Å². The van der Waals surface area contributed by atoms with Gasteiger partial charge in [0.1, 0.15) is 0 Å². The summed E-state index contributed by atoms with van der Waals surface area (Å²) in [7, 11) is 0. The second-order valence-electron chi connectivity index (χ2n) is 0.129. The van der Waals surface area contributed by atoms with Gasteiger partial charge in [0.25, 0.3) is 0 Å². The Labute approximate surface area is 59.7 Å². The topological polar surface area (TPSA) is 20.2 Å². The molecule has 27 valence electrons. The molecule has 0 aliphatic heterocycles. The van der Waals surface area contributed by atoms with E-state index in [1.807, 2.05) is 19.9 Å². The van der Waals surface area contributed by atoms with Crippen molar-refractivity contribution in [2.45, 2.75) is 0 Å². The van der Waals surface area contributed by atoms with E-state index in [0.717, 1.165) is 0 Å². The molecule has 1 radical (unpaired) electrons. The van der Waals surface area contributed by atoms with Crippen LogP contribution in [-0.2, 0) is 0 Å². The second kappa shape index (κ2) is 8.92. The van der Waals surface area contributed by atoms with Gasteiger partial charge in [-0.25, -0.2) is 0 Å². The van der Waals surface area contributed by atoms with E-state index in [0.29, 0.717) is 0 Å². The van der Waals surface area contributed by atoms with Gasteiger partial charge in [-0.3, -0.25) is 0 Å². The molecule has 0 rings (SSSR count). The summed E-state index contributed by atoms with van der Waals surface area (Å²) in [4.78, 5) is 0. The molecule has 0 unspecified atom stereocenters. The number of rotatable bonds is 0.